The van der Waals surface area contributed by atoms with Crippen molar-refractivity contribution >= 4 is 23.4 Å². The highest BCUT2D eigenvalue weighted by Crippen LogP contribution is 2.20. The third-order valence-electron chi connectivity index (χ3n) is 3.59. The van der Waals surface area contributed by atoms with Gasteiger partial charge in [-0.25, -0.2) is 0 Å². The van der Waals surface area contributed by atoms with Gasteiger partial charge < -0.3 is 19.5 Å². The van der Waals surface area contributed by atoms with Gasteiger partial charge in [0.15, 0.2) is 5.76 Å². The Balaban J connectivity index is 2.21. The van der Waals surface area contributed by atoms with Crippen LogP contribution in [0, 0.1) is 0 Å². The van der Waals surface area contributed by atoms with Crippen LogP contribution in [0.1, 0.15) is 20.9 Å². The summed E-state index contributed by atoms with van der Waals surface area (Å²) in [6.45, 7) is -2.30. The van der Waals surface area contributed by atoms with E-state index in [9.17, 15) is 27.6 Å². The highest BCUT2D eigenvalue weighted by Gasteiger charge is 2.34. The van der Waals surface area contributed by atoms with Crippen molar-refractivity contribution in [1.82, 2.24) is 9.80 Å². The summed E-state index contributed by atoms with van der Waals surface area (Å²) < 4.78 is 43.5. The summed E-state index contributed by atoms with van der Waals surface area (Å²) in [5, 5.41) is 2.48. The maximum atomic E-state index is 12.9. The molecule has 28 heavy (non-hydrogen) atoms. The lowest BCUT2D eigenvalue weighted by molar-refractivity contribution is -0.146. The molecule has 150 valence electrons. The molecule has 2 aromatic rings. The van der Waals surface area contributed by atoms with Crippen molar-refractivity contribution in [3.8, 4) is 0 Å². The Labute approximate surface area is 158 Å². The molecular formula is C18H18F3N3O4. The largest absolute Gasteiger partial charge is 0.459 e. The van der Waals surface area contributed by atoms with Crippen molar-refractivity contribution in [3.05, 3.63) is 54.0 Å². The molecule has 3 amide bonds. The van der Waals surface area contributed by atoms with Crippen LogP contribution in [0.2, 0.25) is 0 Å². The van der Waals surface area contributed by atoms with Gasteiger partial charge in [-0.05, 0) is 30.3 Å². The number of carbonyl (C=O) groups is 3. The molecule has 0 aliphatic rings. The zero-order valence-electron chi connectivity index (χ0n) is 15.1. The lowest BCUT2D eigenvalue weighted by atomic mass is 10.1. The minimum absolute atomic E-state index is 0.0343. The number of rotatable bonds is 6. The van der Waals surface area contributed by atoms with Gasteiger partial charge >= 0.3 is 6.18 Å². The Morgan fingerprint density at radius 3 is 2.39 bits per heavy atom. The van der Waals surface area contributed by atoms with Crippen molar-refractivity contribution in [2.75, 3.05) is 32.5 Å². The van der Waals surface area contributed by atoms with Gasteiger partial charge in [-0.3, -0.25) is 14.4 Å². The van der Waals surface area contributed by atoms with Crippen LogP contribution in [-0.2, 0) is 4.79 Å². The number of benzene rings is 1. The molecule has 0 bridgehead atoms. The monoisotopic (exact) mass is 397 g/mol. The molecule has 0 aliphatic carbocycles. The van der Waals surface area contributed by atoms with Crippen LogP contribution in [0.25, 0.3) is 0 Å². The first-order valence-electron chi connectivity index (χ1n) is 8.08. The number of furan rings is 1. The van der Waals surface area contributed by atoms with Gasteiger partial charge in [0.1, 0.15) is 13.1 Å². The van der Waals surface area contributed by atoms with Crippen LogP contribution in [0.15, 0.2) is 47.1 Å². The second kappa shape index (κ2) is 8.59. The van der Waals surface area contributed by atoms with Crippen molar-refractivity contribution in [1.29, 1.82) is 0 Å². The van der Waals surface area contributed by atoms with E-state index in [4.69, 9.17) is 4.42 Å². The summed E-state index contributed by atoms with van der Waals surface area (Å²) >= 11 is 0. The molecule has 10 heteroatoms. The molecule has 0 saturated heterocycles. The second-order valence-electron chi connectivity index (χ2n) is 6.08. The molecule has 0 fully saturated rings. The molecule has 0 saturated carbocycles. The summed E-state index contributed by atoms with van der Waals surface area (Å²) in [5.74, 6) is -2.18. The first-order valence-corrected chi connectivity index (χ1v) is 8.08. The van der Waals surface area contributed by atoms with Gasteiger partial charge in [0.2, 0.25) is 5.91 Å². The number of halogens is 3. The number of hydrogen-bond acceptors (Lipinski definition) is 4. The fraction of sp³-hybridized carbons (Fsp3) is 0.278. The van der Waals surface area contributed by atoms with Crippen molar-refractivity contribution < 1.29 is 32.0 Å². The summed E-state index contributed by atoms with van der Waals surface area (Å²) in [6.07, 6.45) is -3.36. The van der Waals surface area contributed by atoms with E-state index in [-0.39, 0.29) is 17.0 Å². The second-order valence-corrected chi connectivity index (χ2v) is 6.08. The first-order chi connectivity index (χ1) is 13.1. The minimum Gasteiger partial charge on any atom is -0.459 e. The lowest BCUT2D eigenvalue weighted by Gasteiger charge is -2.25. The number of nitrogens with zero attached hydrogens (tertiary/aromatic N) is 2. The normalized spacial score (nSPS) is 11.0. The average Bonchev–Trinajstić information content (AvgIpc) is 3.14. The van der Waals surface area contributed by atoms with E-state index in [1.165, 1.54) is 56.8 Å². The molecule has 1 N–H and O–H groups in total. The van der Waals surface area contributed by atoms with E-state index >= 15 is 0 Å². The van der Waals surface area contributed by atoms with E-state index < -0.39 is 37.0 Å². The number of likely N-dealkylation sites (N-methyl/N-ethyl adjacent to an activating group) is 1. The summed E-state index contributed by atoms with van der Waals surface area (Å²) in [5.41, 5.74) is 0.0891. The Morgan fingerprint density at radius 2 is 1.82 bits per heavy atom. The van der Waals surface area contributed by atoms with Crippen LogP contribution in [-0.4, -0.2) is 60.9 Å². The van der Waals surface area contributed by atoms with E-state index in [0.717, 1.165) is 4.90 Å². The Bertz CT molecular complexity index is 848. The number of anilines is 1. The molecule has 0 unspecified atom stereocenters. The molecular weight excluding hydrogens is 379 g/mol. The van der Waals surface area contributed by atoms with Crippen LogP contribution < -0.4 is 5.32 Å². The number of nitrogens with one attached hydrogen (secondary N) is 1. The third kappa shape index (κ3) is 5.86. The SMILES string of the molecule is CN(C)C(=O)CN(CC(F)(F)F)C(=O)c1cccc(NC(=O)c2ccco2)c1. The maximum absolute atomic E-state index is 12.9. The van der Waals surface area contributed by atoms with Crippen LogP contribution in [0.5, 0.6) is 0 Å². The summed E-state index contributed by atoms with van der Waals surface area (Å²) in [7, 11) is 2.76. The molecule has 0 aliphatic heterocycles. The maximum Gasteiger partial charge on any atom is 0.406 e. The van der Waals surface area contributed by atoms with Gasteiger partial charge in [0.05, 0.1) is 6.26 Å². The van der Waals surface area contributed by atoms with Gasteiger partial charge in [-0.2, -0.15) is 13.2 Å². The van der Waals surface area contributed by atoms with Crippen LogP contribution >= 0.6 is 0 Å². The van der Waals surface area contributed by atoms with Crippen molar-refractivity contribution in [3.63, 3.8) is 0 Å². The quantitative estimate of drug-likeness (QED) is 0.812. The van der Waals surface area contributed by atoms with Crippen molar-refractivity contribution in [2.45, 2.75) is 6.18 Å². The van der Waals surface area contributed by atoms with E-state index in [1.807, 2.05) is 0 Å². The smallest absolute Gasteiger partial charge is 0.406 e. The van der Waals surface area contributed by atoms with E-state index in [1.54, 1.807) is 0 Å². The van der Waals surface area contributed by atoms with Gasteiger partial charge in [0, 0.05) is 25.3 Å². The topological polar surface area (TPSA) is 82.9 Å². The number of hydrogen-bond donors (Lipinski definition) is 1. The van der Waals surface area contributed by atoms with E-state index in [2.05, 4.69) is 5.32 Å². The molecule has 1 heterocycles. The summed E-state index contributed by atoms with van der Waals surface area (Å²) in [4.78, 5) is 37.9. The van der Waals surface area contributed by atoms with Gasteiger partial charge in [-0.15, -0.1) is 0 Å². The Morgan fingerprint density at radius 1 is 1.11 bits per heavy atom. The van der Waals surface area contributed by atoms with Crippen LogP contribution in [0.3, 0.4) is 0 Å². The minimum atomic E-state index is -4.67. The van der Waals surface area contributed by atoms with E-state index in [0.29, 0.717) is 4.90 Å². The molecule has 1 aromatic carbocycles. The summed E-state index contributed by atoms with van der Waals surface area (Å²) in [6, 6.07) is 8.36. The molecule has 7 nitrogen and oxygen atoms in total. The molecule has 0 radical (unpaired) electrons. The van der Waals surface area contributed by atoms with Gasteiger partial charge in [-0.1, -0.05) is 6.07 Å². The molecule has 0 spiro atoms. The standard InChI is InChI=1S/C18H18F3N3O4/c1-23(2)15(25)10-24(11-18(19,20)21)17(27)12-5-3-6-13(9-12)22-16(26)14-7-4-8-28-14/h3-9H,10-11H2,1-2H3,(H,22,26). The fourth-order valence-electron chi connectivity index (χ4n) is 2.23. The predicted molar refractivity (Wildman–Crippen MR) is 93.8 cm³/mol. The molecule has 2 rings (SSSR count). The zero-order chi connectivity index (χ0) is 20.9. The van der Waals surface area contributed by atoms with Crippen molar-refractivity contribution in [2.24, 2.45) is 0 Å². The fourth-order valence-corrected chi connectivity index (χ4v) is 2.23. The predicted octanol–water partition coefficient (Wildman–Crippen LogP) is 2.62. The van der Waals surface area contributed by atoms with Crippen LogP contribution in [0.4, 0.5) is 18.9 Å². The average molecular weight is 397 g/mol. The highest BCUT2D eigenvalue weighted by molar-refractivity contribution is 6.03. The first kappa shape index (κ1) is 21.0. The Hall–Kier alpha value is -3.30. The highest BCUT2D eigenvalue weighted by atomic mass is 19.4. The molecule has 1 aromatic heterocycles. The third-order valence-corrected chi connectivity index (χ3v) is 3.59. The number of amides is 3. The Kier molecular flexibility index (Phi) is 6.45. The zero-order valence-corrected chi connectivity index (χ0v) is 15.1. The number of alkyl halides is 3. The lowest BCUT2D eigenvalue weighted by Crippen LogP contribution is -2.44. The number of carbonyl (C=O) groups excluding carboxylic acids is 3. The molecule has 0 atom stereocenters. The van der Waals surface area contributed by atoms with Gasteiger partial charge in [0.25, 0.3) is 11.8 Å².